The third-order valence-electron chi connectivity index (χ3n) is 4.17. The van der Waals surface area contributed by atoms with Crippen molar-refractivity contribution in [1.29, 1.82) is 0 Å². The van der Waals surface area contributed by atoms with Crippen LogP contribution in [0.3, 0.4) is 0 Å². The lowest BCUT2D eigenvalue weighted by atomic mass is 10.0. The van der Waals surface area contributed by atoms with E-state index in [1.165, 1.54) is 12.1 Å². The molecule has 2 heterocycles. The first kappa shape index (κ1) is 21.5. The van der Waals surface area contributed by atoms with Crippen LogP contribution in [-0.4, -0.2) is 24.4 Å². The van der Waals surface area contributed by atoms with Gasteiger partial charge in [0.05, 0.1) is 22.2 Å². The predicted molar refractivity (Wildman–Crippen MR) is 109 cm³/mol. The van der Waals surface area contributed by atoms with Crippen LogP contribution in [-0.2, 0) is 16.6 Å². The van der Waals surface area contributed by atoms with E-state index in [4.69, 9.17) is 11.6 Å². The molecule has 3 rings (SSSR count). The zero-order valence-electron chi connectivity index (χ0n) is 15.3. The van der Waals surface area contributed by atoms with Crippen LogP contribution < -0.4 is 4.72 Å². The summed E-state index contributed by atoms with van der Waals surface area (Å²) in [4.78, 5) is 13.3. The number of rotatable bonds is 8. The maximum Gasteiger partial charge on any atom is 0.240 e. The molecule has 0 saturated carbocycles. The SMILES string of the molecule is CC(CC(=O)c1ccc(CNS(=O)(=O)c2ccc(F)c(Cl)c2)nn1)c1cccs1. The normalized spacial score (nSPS) is 12.7. The molecule has 0 aliphatic rings. The van der Waals surface area contributed by atoms with E-state index in [1.54, 1.807) is 11.3 Å². The summed E-state index contributed by atoms with van der Waals surface area (Å²) in [6.45, 7) is 1.84. The topological polar surface area (TPSA) is 89.0 Å². The number of carbonyl (C=O) groups is 1. The molecule has 0 spiro atoms. The van der Waals surface area contributed by atoms with Gasteiger partial charge in [-0.25, -0.2) is 17.5 Å². The van der Waals surface area contributed by atoms with E-state index in [2.05, 4.69) is 14.9 Å². The minimum atomic E-state index is -3.90. The highest BCUT2D eigenvalue weighted by Gasteiger charge is 2.18. The van der Waals surface area contributed by atoms with E-state index in [-0.39, 0.29) is 33.9 Å². The van der Waals surface area contributed by atoms with Crippen molar-refractivity contribution in [2.45, 2.75) is 30.7 Å². The minimum Gasteiger partial charge on any atom is -0.292 e. The van der Waals surface area contributed by atoms with Crippen LogP contribution in [0.15, 0.2) is 52.7 Å². The summed E-state index contributed by atoms with van der Waals surface area (Å²) in [6.07, 6.45) is 0.312. The highest BCUT2D eigenvalue weighted by molar-refractivity contribution is 7.89. The monoisotopic (exact) mass is 453 g/mol. The van der Waals surface area contributed by atoms with Crippen LogP contribution in [0.2, 0.25) is 5.02 Å². The lowest BCUT2D eigenvalue weighted by Crippen LogP contribution is -2.24. The van der Waals surface area contributed by atoms with Crippen molar-refractivity contribution in [2.24, 2.45) is 0 Å². The van der Waals surface area contributed by atoms with Crippen LogP contribution in [0.5, 0.6) is 0 Å². The zero-order valence-corrected chi connectivity index (χ0v) is 17.7. The Morgan fingerprint density at radius 1 is 1.24 bits per heavy atom. The molecular formula is C19H17ClFN3O3S2. The minimum absolute atomic E-state index is 0.0818. The molecule has 6 nitrogen and oxygen atoms in total. The van der Waals surface area contributed by atoms with E-state index >= 15 is 0 Å². The van der Waals surface area contributed by atoms with Gasteiger partial charge >= 0.3 is 0 Å². The van der Waals surface area contributed by atoms with Crippen LogP contribution >= 0.6 is 22.9 Å². The van der Waals surface area contributed by atoms with Crippen molar-refractivity contribution in [3.8, 4) is 0 Å². The molecule has 0 bridgehead atoms. The fourth-order valence-electron chi connectivity index (χ4n) is 2.55. The summed E-state index contributed by atoms with van der Waals surface area (Å²) in [7, 11) is -3.90. The third-order valence-corrected chi connectivity index (χ3v) is 6.96. The fourth-order valence-corrected chi connectivity index (χ4v) is 4.61. The van der Waals surface area contributed by atoms with Gasteiger partial charge < -0.3 is 0 Å². The zero-order chi connectivity index (χ0) is 21.0. The molecule has 29 heavy (non-hydrogen) atoms. The van der Waals surface area contributed by atoms with Crippen molar-refractivity contribution >= 4 is 38.7 Å². The highest BCUT2D eigenvalue weighted by atomic mass is 35.5. The lowest BCUT2D eigenvalue weighted by molar-refractivity contribution is 0.0970. The second-order valence-corrected chi connectivity index (χ2v) is 9.51. The van der Waals surface area contributed by atoms with Crippen molar-refractivity contribution < 1.29 is 17.6 Å². The molecule has 1 unspecified atom stereocenters. The molecule has 0 aliphatic carbocycles. The molecule has 0 fully saturated rings. The number of nitrogens with zero attached hydrogens (tertiary/aromatic N) is 2. The Bertz CT molecular complexity index is 1100. The molecular weight excluding hydrogens is 437 g/mol. The summed E-state index contributed by atoms with van der Waals surface area (Å²) >= 11 is 7.23. The number of hydrogen-bond donors (Lipinski definition) is 1. The number of Topliss-reactive ketones (excluding diaryl/α,β-unsaturated/α-hetero) is 1. The number of halogens is 2. The Kier molecular flexibility index (Phi) is 6.74. The molecule has 1 atom stereocenters. The largest absolute Gasteiger partial charge is 0.292 e. The van der Waals surface area contributed by atoms with Gasteiger partial charge in [0, 0.05) is 11.3 Å². The Morgan fingerprint density at radius 2 is 2.03 bits per heavy atom. The Hall–Kier alpha value is -2.20. The fraction of sp³-hybridized carbons (Fsp3) is 0.211. The Labute approximate surface area is 176 Å². The Balaban J connectivity index is 1.61. The summed E-state index contributed by atoms with van der Waals surface area (Å²) in [5.74, 6) is -0.755. The van der Waals surface area contributed by atoms with E-state index in [1.807, 2.05) is 24.4 Å². The third kappa shape index (κ3) is 5.45. The van der Waals surface area contributed by atoms with Gasteiger partial charge in [0.1, 0.15) is 11.5 Å². The number of ketones is 1. The lowest BCUT2D eigenvalue weighted by Gasteiger charge is -2.09. The number of thiophene rings is 1. The molecule has 1 N–H and O–H groups in total. The standard InChI is InChI=1S/C19H17ClFN3O3S2/c1-12(19-3-2-8-28-19)9-18(25)17-7-4-13(23-24-17)11-22-29(26,27)14-5-6-16(21)15(20)10-14/h2-8,10,12,22H,9,11H2,1H3. The second kappa shape index (κ2) is 9.08. The van der Waals surface area contributed by atoms with Crippen LogP contribution in [0, 0.1) is 5.82 Å². The number of sulfonamides is 1. The molecule has 0 saturated heterocycles. The summed E-state index contributed by atoms with van der Waals surface area (Å²) in [5, 5.41) is 9.51. The van der Waals surface area contributed by atoms with Crippen LogP contribution in [0.1, 0.15) is 40.3 Å². The molecule has 3 aromatic rings. The molecule has 10 heteroatoms. The summed E-state index contributed by atoms with van der Waals surface area (Å²) in [5.41, 5.74) is 0.565. The number of benzene rings is 1. The van der Waals surface area contributed by atoms with Crippen molar-refractivity contribution in [3.63, 3.8) is 0 Å². The Morgan fingerprint density at radius 3 is 2.66 bits per heavy atom. The van der Waals surface area contributed by atoms with Crippen molar-refractivity contribution in [3.05, 3.63) is 74.9 Å². The molecule has 0 aliphatic heterocycles. The summed E-state index contributed by atoms with van der Waals surface area (Å²) < 4.78 is 40.1. The van der Waals surface area contributed by atoms with E-state index in [0.29, 0.717) is 12.1 Å². The molecule has 1 aromatic carbocycles. The van der Waals surface area contributed by atoms with E-state index < -0.39 is 15.8 Å². The molecule has 2 aromatic heterocycles. The second-order valence-electron chi connectivity index (χ2n) is 6.35. The molecule has 0 amide bonds. The van der Waals surface area contributed by atoms with Gasteiger partial charge in [-0.15, -0.1) is 16.4 Å². The van der Waals surface area contributed by atoms with Gasteiger partial charge in [-0.1, -0.05) is 24.6 Å². The highest BCUT2D eigenvalue weighted by Crippen LogP contribution is 2.25. The molecule has 0 radical (unpaired) electrons. The number of nitrogens with one attached hydrogen (secondary N) is 1. The van der Waals surface area contributed by atoms with Gasteiger partial charge in [0.25, 0.3) is 0 Å². The van der Waals surface area contributed by atoms with Gasteiger partial charge in [-0.2, -0.15) is 5.10 Å². The maximum absolute atomic E-state index is 13.2. The van der Waals surface area contributed by atoms with Gasteiger partial charge in [0.2, 0.25) is 10.0 Å². The average molecular weight is 454 g/mol. The predicted octanol–water partition coefficient (Wildman–Crippen LogP) is 4.19. The first-order valence-corrected chi connectivity index (χ1v) is 11.3. The van der Waals surface area contributed by atoms with Gasteiger partial charge in [0.15, 0.2) is 5.78 Å². The van der Waals surface area contributed by atoms with Crippen molar-refractivity contribution in [2.75, 3.05) is 0 Å². The van der Waals surface area contributed by atoms with Gasteiger partial charge in [-0.05, 0) is 47.7 Å². The number of hydrogen-bond acceptors (Lipinski definition) is 6. The average Bonchev–Trinajstić information content (AvgIpc) is 3.24. The quantitative estimate of drug-likeness (QED) is 0.516. The summed E-state index contributed by atoms with van der Waals surface area (Å²) in [6, 6.07) is 10.1. The maximum atomic E-state index is 13.2. The van der Waals surface area contributed by atoms with Crippen LogP contribution in [0.4, 0.5) is 4.39 Å². The number of aromatic nitrogens is 2. The first-order chi connectivity index (χ1) is 13.8. The molecule has 152 valence electrons. The van der Waals surface area contributed by atoms with E-state index in [0.717, 1.165) is 23.1 Å². The smallest absolute Gasteiger partial charge is 0.240 e. The van der Waals surface area contributed by atoms with Crippen molar-refractivity contribution in [1.82, 2.24) is 14.9 Å². The van der Waals surface area contributed by atoms with Gasteiger partial charge in [-0.3, -0.25) is 4.79 Å². The van der Waals surface area contributed by atoms with Crippen LogP contribution in [0.25, 0.3) is 0 Å². The first-order valence-electron chi connectivity index (χ1n) is 8.60. The number of carbonyl (C=O) groups excluding carboxylic acids is 1. The van der Waals surface area contributed by atoms with E-state index in [9.17, 15) is 17.6 Å².